The van der Waals surface area contributed by atoms with Crippen molar-refractivity contribution in [1.29, 1.82) is 0 Å². The van der Waals surface area contributed by atoms with Gasteiger partial charge in [-0.2, -0.15) is 0 Å². The van der Waals surface area contributed by atoms with E-state index in [1.54, 1.807) is 18.2 Å². The van der Waals surface area contributed by atoms with Crippen molar-refractivity contribution in [2.75, 3.05) is 7.11 Å². The third-order valence-corrected chi connectivity index (χ3v) is 3.90. The number of nitrogens with zero attached hydrogens (tertiary/aromatic N) is 1. The first-order chi connectivity index (χ1) is 9.04. The van der Waals surface area contributed by atoms with Gasteiger partial charge in [-0.1, -0.05) is 17.7 Å². The number of halogens is 3. The number of methoxy groups -OCH3 is 1. The second kappa shape index (κ2) is 5.86. The van der Waals surface area contributed by atoms with Gasteiger partial charge in [-0.3, -0.25) is 0 Å². The fourth-order valence-corrected chi connectivity index (χ4v) is 2.08. The molecule has 1 unspecified atom stereocenters. The Labute approximate surface area is 123 Å². The van der Waals surface area contributed by atoms with Crippen LogP contribution in [0, 0.1) is 5.82 Å². The van der Waals surface area contributed by atoms with E-state index in [0.717, 1.165) is 0 Å². The van der Waals surface area contributed by atoms with Crippen LogP contribution in [-0.4, -0.2) is 17.2 Å². The second-order valence-corrected chi connectivity index (χ2v) is 5.03. The van der Waals surface area contributed by atoms with Crippen molar-refractivity contribution in [3.63, 3.8) is 0 Å². The normalized spacial score (nSPS) is 12.3. The van der Waals surface area contributed by atoms with Crippen LogP contribution in [0.2, 0.25) is 5.02 Å². The molecule has 0 spiro atoms. The molecule has 19 heavy (non-hydrogen) atoms. The highest BCUT2D eigenvalue weighted by Gasteiger charge is 2.19. The molecular weight excluding hydrogens is 337 g/mol. The number of pyridine rings is 1. The number of aliphatic hydroxyl groups excluding tert-OH is 1. The van der Waals surface area contributed by atoms with E-state index in [1.165, 1.54) is 19.4 Å². The number of ether oxygens (including phenoxy) is 1. The molecule has 0 bridgehead atoms. The van der Waals surface area contributed by atoms with E-state index in [2.05, 4.69) is 20.9 Å². The zero-order valence-corrected chi connectivity index (χ0v) is 12.2. The summed E-state index contributed by atoms with van der Waals surface area (Å²) >= 11 is 8.92. The molecular formula is C13H10BrClFNO2. The molecule has 1 aromatic carbocycles. The standard InChI is InChI=1S/C13H10BrClFNO2/c1-19-10-5-2-7(6-17-10)13(18)8-3-4-9(14)11(15)12(8)16/h2-6,13,18H,1H3. The van der Waals surface area contributed by atoms with Gasteiger partial charge in [-0.25, -0.2) is 9.37 Å². The lowest BCUT2D eigenvalue weighted by atomic mass is 10.0. The molecule has 0 radical (unpaired) electrons. The van der Waals surface area contributed by atoms with E-state index in [0.29, 0.717) is 15.9 Å². The smallest absolute Gasteiger partial charge is 0.212 e. The van der Waals surface area contributed by atoms with Gasteiger partial charge in [0.2, 0.25) is 5.88 Å². The van der Waals surface area contributed by atoms with Gasteiger partial charge in [-0.05, 0) is 28.1 Å². The van der Waals surface area contributed by atoms with E-state index >= 15 is 0 Å². The minimum atomic E-state index is -1.14. The molecule has 0 aliphatic heterocycles. The quantitative estimate of drug-likeness (QED) is 0.861. The van der Waals surface area contributed by atoms with Gasteiger partial charge in [-0.15, -0.1) is 0 Å². The SMILES string of the molecule is COc1ccc(C(O)c2ccc(Br)c(Cl)c2F)cn1. The lowest BCUT2D eigenvalue weighted by molar-refractivity contribution is 0.214. The predicted octanol–water partition coefficient (Wildman–Crippen LogP) is 3.73. The van der Waals surface area contributed by atoms with Crippen molar-refractivity contribution in [3.05, 3.63) is 56.9 Å². The fraction of sp³-hybridized carbons (Fsp3) is 0.154. The van der Waals surface area contributed by atoms with Crippen LogP contribution in [0.5, 0.6) is 5.88 Å². The first-order valence-electron chi connectivity index (χ1n) is 5.36. The predicted molar refractivity (Wildman–Crippen MR) is 74.0 cm³/mol. The van der Waals surface area contributed by atoms with Gasteiger partial charge in [0.25, 0.3) is 0 Å². The molecule has 2 aromatic rings. The molecule has 0 saturated heterocycles. The topological polar surface area (TPSA) is 42.4 Å². The Balaban J connectivity index is 2.38. The molecule has 100 valence electrons. The van der Waals surface area contributed by atoms with Crippen LogP contribution in [0.3, 0.4) is 0 Å². The fourth-order valence-electron chi connectivity index (χ4n) is 1.61. The summed E-state index contributed by atoms with van der Waals surface area (Å²) in [6, 6.07) is 6.27. The molecule has 3 nitrogen and oxygen atoms in total. The molecule has 0 amide bonds. The maximum atomic E-state index is 14.0. The summed E-state index contributed by atoms with van der Waals surface area (Å²) in [7, 11) is 1.49. The lowest BCUT2D eigenvalue weighted by Gasteiger charge is -2.13. The van der Waals surface area contributed by atoms with E-state index in [9.17, 15) is 9.50 Å². The van der Waals surface area contributed by atoms with Crippen LogP contribution in [-0.2, 0) is 0 Å². The lowest BCUT2D eigenvalue weighted by Crippen LogP contribution is -2.04. The summed E-state index contributed by atoms with van der Waals surface area (Å²) in [5.41, 5.74) is 0.554. The van der Waals surface area contributed by atoms with Crippen molar-refractivity contribution in [1.82, 2.24) is 4.98 Å². The van der Waals surface area contributed by atoms with Gasteiger partial charge in [0.1, 0.15) is 11.9 Å². The maximum absolute atomic E-state index is 14.0. The highest BCUT2D eigenvalue weighted by atomic mass is 79.9. The highest BCUT2D eigenvalue weighted by molar-refractivity contribution is 9.10. The minimum absolute atomic E-state index is 0.0574. The van der Waals surface area contributed by atoms with Gasteiger partial charge < -0.3 is 9.84 Å². The summed E-state index contributed by atoms with van der Waals surface area (Å²) in [5.74, 6) is -0.232. The van der Waals surface area contributed by atoms with Crippen molar-refractivity contribution < 1.29 is 14.2 Å². The Morgan fingerprint density at radius 1 is 1.37 bits per heavy atom. The van der Waals surface area contributed by atoms with E-state index in [4.69, 9.17) is 16.3 Å². The van der Waals surface area contributed by atoms with Gasteiger partial charge >= 0.3 is 0 Å². The summed E-state index contributed by atoms with van der Waals surface area (Å²) in [5, 5.41) is 10.1. The monoisotopic (exact) mass is 345 g/mol. The number of benzene rings is 1. The molecule has 6 heteroatoms. The molecule has 1 heterocycles. The Hall–Kier alpha value is -1.17. The van der Waals surface area contributed by atoms with Crippen molar-refractivity contribution in [2.45, 2.75) is 6.10 Å². The zero-order valence-electron chi connectivity index (χ0n) is 9.90. The van der Waals surface area contributed by atoms with Crippen LogP contribution in [0.4, 0.5) is 4.39 Å². The largest absolute Gasteiger partial charge is 0.481 e. The minimum Gasteiger partial charge on any atom is -0.481 e. The van der Waals surface area contributed by atoms with E-state index in [-0.39, 0.29) is 10.6 Å². The number of rotatable bonds is 3. The molecule has 0 aliphatic rings. The molecule has 0 aliphatic carbocycles. The first kappa shape index (κ1) is 14.2. The molecule has 1 atom stereocenters. The van der Waals surface area contributed by atoms with Crippen LogP contribution in [0.25, 0.3) is 0 Å². The third-order valence-electron chi connectivity index (χ3n) is 2.64. The number of aromatic nitrogens is 1. The van der Waals surface area contributed by atoms with E-state index in [1.807, 2.05) is 0 Å². The second-order valence-electron chi connectivity index (χ2n) is 3.80. The van der Waals surface area contributed by atoms with Gasteiger partial charge in [0, 0.05) is 27.9 Å². The third kappa shape index (κ3) is 2.88. The van der Waals surface area contributed by atoms with Crippen molar-refractivity contribution >= 4 is 27.5 Å². The van der Waals surface area contributed by atoms with E-state index < -0.39 is 11.9 Å². The summed E-state index contributed by atoms with van der Waals surface area (Å²) in [6.45, 7) is 0. The van der Waals surface area contributed by atoms with Crippen LogP contribution in [0.1, 0.15) is 17.2 Å². The molecule has 1 aromatic heterocycles. The summed E-state index contributed by atoms with van der Waals surface area (Å²) in [6.07, 6.45) is 0.294. The first-order valence-corrected chi connectivity index (χ1v) is 6.53. The van der Waals surface area contributed by atoms with Gasteiger partial charge in [0.15, 0.2) is 0 Å². The Morgan fingerprint density at radius 3 is 2.68 bits per heavy atom. The Morgan fingerprint density at radius 2 is 2.11 bits per heavy atom. The van der Waals surface area contributed by atoms with Crippen LogP contribution >= 0.6 is 27.5 Å². The number of hydrogen-bond donors (Lipinski definition) is 1. The number of aliphatic hydroxyl groups is 1. The molecule has 0 saturated carbocycles. The molecule has 1 N–H and O–H groups in total. The Kier molecular flexibility index (Phi) is 4.39. The average Bonchev–Trinajstić information content (AvgIpc) is 2.44. The average molecular weight is 347 g/mol. The summed E-state index contributed by atoms with van der Waals surface area (Å²) in [4.78, 5) is 3.97. The van der Waals surface area contributed by atoms with Gasteiger partial charge in [0.05, 0.1) is 12.1 Å². The summed E-state index contributed by atoms with van der Waals surface area (Å²) < 4.78 is 19.3. The molecule has 0 fully saturated rings. The zero-order chi connectivity index (χ0) is 14.0. The van der Waals surface area contributed by atoms with Crippen molar-refractivity contribution in [2.24, 2.45) is 0 Å². The number of hydrogen-bond acceptors (Lipinski definition) is 3. The maximum Gasteiger partial charge on any atom is 0.212 e. The van der Waals surface area contributed by atoms with Crippen LogP contribution in [0.15, 0.2) is 34.9 Å². The molecule has 2 rings (SSSR count). The van der Waals surface area contributed by atoms with Crippen molar-refractivity contribution in [3.8, 4) is 5.88 Å². The highest BCUT2D eigenvalue weighted by Crippen LogP contribution is 2.32. The van der Waals surface area contributed by atoms with Crippen LogP contribution < -0.4 is 4.74 Å². The Bertz CT molecular complexity index is 592.